The van der Waals surface area contributed by atoms with Gasteiger partial charge in [0.05, 0.1) is 5.56 Å². The fraction of sp³-hybridized carbons (Fsp3) is 0.300. The van der Waals surface area contributed by atoms with Gasteiger partial charge >= 0.3 is 6.18 Å². The number of rotatable bonds is 0. The summed E-state index contributed by atoms with van der Waals surface area (Å²) in [5, 5.41) is 8.82. The molecule has 0 unspecified atom stereocenters. The molecular weight excluding hydrogens is 207 g/mol. The maximum absolute atomic E-state index is 12.4. The third-order valence-corrected chi connectivity index (χ3v) is 1.51. The second-order valence-corrected chi connectivity index (χ2v) is 2.84. The van der Waals surface area contributed by atoms with Crippen LogP contribution >= 0.6 is 0 Å². The van der Waals surface area contributed by atoms with E-state index < -0.39 is 17.8 Å². The Balaban J connectivity index is 3.15. The van der Waals surface area contributed by atoms with E-state index in [9.17, 15) is 13.2 Å². The van der Waals surface area contributed by atoms with Crippen molar-refractivity contribution in [1.82, 2.24) is 4.98 Å². The highest BCUT2D eigenvalue weighted by Crippen LogP contribution is 2.30. The first kappa shape index (κ1) is 11.5. The molecule has 0 aliphatic carbocycles. The van der Waals surface area contributed by atoms with Crippen molar-refractivity contribution in [3.05, 3.63) is 29.6 Å². The molecule has 1 aromatic rings. The normalized spacial score (nSPS) is 12.9. The summed E-state index contributed by atoms with van der Waals surface area (Å²) >= 11 is 0. The third-order valence-electron chi connectivity index (χ3n) is 1.51. The minimum absolute atomic E-state index is 0.370. The molecule has 0 amide bonds. The number of aromatic nitrogens is 1. The first-order valence-corrected chi connectivity index (χ1v) is 4.13. The summed E-state index contributed by atoms with van der Waals surface area (Å²) in [4.78, 5) is 3.51. The molecule has 0 aromatic carbocycles. The fourth-order valence-electron chi connectivity index (χ4n) is 0.906. The maximum Gasteiger partial charge on any atom is 0.419 e. The van der Waals surface area contributed by atoms with Crippen molar-refractivity contribution in [2.75, 3.05) is 0 Å². The van der Waals surface area contributed by atoms with Gasteiger partial charge in [-0.1, -0.05) is 5.92 Å². The second kappa shape index (κ2) is 4.32. The monoisotopic (exact) mass is 215 g/mol. The zero-order valence-electron chi connectivity index (χ0n) is 7.84. The summed E-state index contributed by atoms with van der Waals surface area (Å²) in [6.07, 6.45) is -4.23. The fourth-order valence-corrected chi connectivity index (χ4v) is 0.906. The van der Waals surface area contributed by atoms with Crippen LogP contribution in [0.1, 0.15) is 18.2 Å². The number of alkyl halides is 3. The molecule has 2 nitrogen and oxygen atoms in total. The van der Waals surface area contributed by atoms with Crippen LogP contribution in [0.4, 0.5) is 13.2 Å². The van der Waals surface area contributed by atoms with Crippen LogP contribution in [0.5, 0.6) is 0 Å². The lowest BCUT2D eigenvalue weighted by Gasteiger charge is -2.07. The average molecular weight is 215 g/mol. The lowest BCUT2D eigenvalue weighted by molar-refractivity contribution is -0.138. The molecule has 5 heteroatoms. The Morgan fingerprint density at radius 3 is 2.67 bits per heavy atom. The topological polar surface area (TPSA) is 33.1 Å². The zero-order chi connectivity index (χ0) is 11.5. The van der Waals surface area contributed by atoms with Gasteiger partial charge in [0.2, 0.25) is 0 Å². The summed E-state index contributed by atoms with van der Waals surface area (Å²) in [5.74, 6) is 4.41. The van der Waals surface area contributed by atoms with Crippen LogP contribution in [-0.4, -0.2) is 16.2 Å². The highest BCUT2D eigenvalue weighted by atomic mass is 19.4. The molecule has 0 saturated heterocycles. The van der Waals surface area contributed by atoms with Crippen molar-refractivity contribution >= 4 is 0 Å². The lowest BCUT2D eigenvalue weighted by atomic mass is 10.2. The van der Waals surface area contributed by atoms with E-state index in [0.29, 0.717) is 0 Å². The Hall–Kier alpha value is -1.54. The number of pyridine rings is 1. The Kier molecular flexibility index (Phi) is 3.32. The molecule has 1 aromatic heterocycles. The van der Waals surface area contributed by atoms with Gasteiger partial charge in [-0.3, -0.25) is 0 Å². The standard InChI is InChI=1S/C10H8F3NO/c1-7(15)4-5-9-8(10(11,12)13)3-2-6-14-9/h2-3,6-7,15H,1H3/t7-/m1/s1. The van der Waals surface area contributed by atoms with Crippen LogP contribution in [0.25, 0.3) is 0 Å². The van der Waals surface area contributed by atoms with E-state index in [4.69, 9.17) is 5.11 Å². The zero-order valence-corrected chi connectivity index (χ0v) is 7.84. The molecule has 15 heavy (non-hydrogen) atoms. The van der Waals surface area contributed by atoms with Crippen LogP contribution in [-0.2, 0) is 6.18 Å². The van der Waals surface area contributed by atoms with Crippen molar-refractivity contribution in [2.45, 2.75) is 19.2 Å². The van der Waals surface area contributed by atoms with Gasteiger partial charge in [0.25, 0.3) is 0 Å². The Bertz CT molecular complexity index is 401. The SMILES string of the molecule is C[C@@H](O)C#Cc1ncccc1C(F)(F)F. The largest absolute Gasteiger partial charge is 0.419 e. The van der Waals surface area contributed by atoms with Crippen LogP contribution in [0.2, 0.25) is 0 Å². The van der Waals surface area contributed by atoms with Crippen molar-refractivity contribution in [1.29, 1.82) is 0 Å². The minimum Gasteiger partial charge on any atom is -0.381 e. The number of nitrogens with zero attached hydrogens (tertiary/aromatic N) is 1. The Labute approximate surface area is 84.8 Å². The highest BCUT2D eigenvalue weighted by molar-refractivity contribution is 5.37. The predicted octanol–water partition coefficient (Wildman–Crippen LogP) is 1.83. The summed E-state index contributed by atoms with van der Waals surface area (Å²) < 4.78 is 37.2. The van der Waals surface area contributed by atoms with Gasteiger partial charge in [-0.15, -0.1) is 0 Å². The third kappa shape index (κ3) is 3.26. The Morgan fingerprint density at radius 2 is 2.13 bits per heavy atom. The van der Waals surface area contributed by atoms with Gasteiger partial charge in [-0.2, -0.15) is 13.2 Å². The first-order valence-electron chi connectivity index (χ1n) is 4.13. The highest BCUT2D eigenvalue weighted by Gasteiger charge is 2.33. The predicted molar refractivity (Wildman–Crippen MR) is 47.8 cm³/mol. The molecule has 80 valence electrons. The van der Waals surface area contributed by atoms with E-state index in [1.165, 1.54) is 19.2 Å². The van der Waals surface area contributed by atoms with Gasteiger partial charge < -0.3 is 5.11 Å². The average Bonchev–Trinajstić information content (AvgIpc) is 2.13. The molecule has 1 atom stereocenters. The maximum atomic E-state index is 12.4. The molecule has 1 rings (SSSR count). The number of hydrogen-bond donors (Lipinski definition) is 1. The lowest BCUT2D eigenvalue weighted by Crippen LogP contribution is -2.09. The van der Waals surface area contributed by atoms with E-state index in [2.05, 4.69) is 16.8 Å². The molecule has 0 saturated carbocycles. The van der Waals surface area contributed by atoms with Crippen molar-refractivity contribution < 1.29 is 18.3 Å². The van der Waals surface area contributed by atoms with Gasteiger partial charge in [0.1, 0.15) is 11.8 Å². The smallest absolute Gasteiger partial charge is 0.381 e. The molecule has 0 bridgehead atoms. The summed E-state index contributed by atoms with van der Waals surface area (Å²) in [6.45, 7) is 1.36. The van der Waals surface area contributed by atoms with Gasteiger partial charge in [-0.25, -0.2) is 4.98 Å². The van der Waals surface area contributed by atoms with Crippen LogP contribution in [0, 0.1) is 11.8 Å². The van der Waals surface area contributed by atoms with Crippen LogP contribution in [0.3, 0.4) is 0 Å². The van der Waals surface area contributed by atoms with Crippen molar-refractivity contribution in [3.63, 3.8) is 0 Å². The first-order chi connectivity index (χ1) is 6.91. The second-order valence-electron chi connectivity index (χ2n) is 2.84. The number of hydrogen-bond acceptors (Lipinski definition) is 2. The van der Waals surface area contributed by atoms with Crippen LogP contribution in [0.15, 0.2) is 18.3 Å². The van der Waals surface area contributed by atoms with E-state index in [1.54, 1.807) is 0 Å². The van der Waals surface area contributed by atoms with Crippen molar-refractivity contribution in [2.24, 2.45) is 0 Å². The van der Waals surface area contributed by atoms with Crippen LogP contribution < -0.4 is 0 Å². The van der Waals surface area contributed by atoms with E-state index in [0.717, 1.165) is 6.07 Å². The molecule has 0 fully saturated rings. The summed E-state index contributed by atoms with van der Waals surface area (Å²) in [5.41, 5.74) is -1.26. The molecule has 0 aliphatic heterocycles. The number of halogens is 3. The van der Waals surface area contributed by atoms with E-state index >= 15 is 0 Å². The van der Waals surface area contributed by atoms with Gasteiger partial charge in [0.15, 0.2) is 0 Å². The van der Waals surface area contributed by atoms with E-state index in [-0.39, 0.29) is 5.69 Å². The number of aliphatic hydroxyl groups excluding tert-OH is 1. The minimum atomic E-state index is -4.48. The molecule has 0 aliphatic rings. The van der Waals surface area contributed by atoms with Gasteiger partial charge in [-0.05, 0) is 25.0 Å². The molecule has 0 radical (unpaired) electrons. The van der Waals surface area contributed by atoms with Crippen molar-refractivity contribution in [3.8, 4) is 11.8 Å². The molecule has 0 spiro atoms. The molecular formula is C10H8F3NO. The molecule has 1 N–H and O–H groups in total. The summed E-state index contributed by atoms with van der Waals surface area (Å²) in [7, 11) is 0. The quantitative estimate of drug-likeness (QED) is 0.670. The summed E-state index contributed by atoms with van der Waals surface area (Å²) in [6, 6.07) is 2.09. The van der Waals surface area contributed by atoms with Gasteiger partial charge in [0, 0.05) is 6.20 Å². The number of aliphatic hydroxyl groups is 1. The molecule has 1 heterocycles. The van der Waals surface area contributed by atoms with E-state index in [1.807, 2.05) is 0 Å². The Morgan fingerprint density at radius 1 is 1.47 bits per heavy atom.